The van der Waals surface area contributed by atoms with Gasteiger partial charge in [0.1, 0.15) is 0 Å². The molecule has 0 atom stereocenters. The van der Waals surface area contributed by atoms with E-state index < -0.39 is 0 Å². The lowest BCUT2D eigenvalue weighted by atomic mass is 10.1. The minimum Gasteiger partial charge on any atom is -0.399 e. The van der Waals surface area contributed by atoms with Crippen LogP contribution in [0.1, 0.15) is 15.2 Å². The number of likely N-dealkylation sites (N-methyl/N-ethyl adjacent to an activating group) is 1. The van der Waals surface area contributed by atoms with Gasteiger partial charge in [0, 0.05) is 19.3 Å². The Labute approximate surface area is 147 Å². The highest BCUT2D eigenvalue weighted by Crippen LogP contribution is 2.22. The van der Waals surface area contributed by atoms with Gasteiger partial charge in [0.15, 0.2) is 0 Å². The zero-order valence-corrected chi connectivity index (χ0v) is 15.1. The van der Waals surface area contributed by atoms with Gasteiger partial charge < -0.3 is 16.0 Å². The molecule has 0 aliphatic heterocycles. The molecular weight excluding hydrogens is 378 g/mol. The van der Waals surface area contributed by atoms with Gasteiger partial charge in [-0.05, 0) is 52.2 Å². The van der Waals surface area contributed by atoms with Crippen molar-refractivity contribution in [2.75, 3.05) is 25.9 Å². The predicted octanol–water partition coefficient (Wildman–Crippen LogP) is 2.52. The Hall–Kier alpha value is -1.86. The second kappa shape index (κ2) is 8.12. The van der Waals surface area contributed by atoms with Gasteiger partial charge in [0.2, 0.25) is 5.91 Å². The van der Waals surface area contributed by atoms with Gasteiger partial charge >= 0.3 is 0 Å². The van der Waals surface area contributed by atoms with Gasteiger partial charge in [-0.3, -0.25) is 9.59 Å². The van der Waals surface area contributed by atoms with E-state index in [1.165, 1.54) is 16.2 Å². The highest BCUT2D eigenvalue weighted by molar-refractivity contribution is 9.11. The molecule has 0 radical (unpaired) electrons. The van der Waals surface area contributed by atoms with E-state index in [1.54, 1.807) is 13.1 Å². The maximum absolute atomic E-state index is 12.1. The molecule has 0 aliphatic carbocycles. The van der Waals surface area contributed by atoms with Crippen LogP contribution in [0.4, 0.5) is 5.69 Å². The number of nitrogen functional groups attached to an aromatic ring is 1. The summed E-state index contributed by atoms with van der Waals surface area (Å²) in [7, 11) is 1.62. The quantitative estimate of drug-likeness (QED) is 0.737. The fourth-order valence-electron chi connectivity index (χ4n) is 1.99. The first kappa shape index (κ1) is 17.5. The Morgan fingerprint density at radius 1 is 1.22 bits per heavy atom. The highest BCUT2D eigenvalue weighted by atomic mass is 79.9. The second-order valence-electron chi connectivity index (χ2n) is 5.11. The summed E-state index contributed by atoms with van der Waals surface area (Å²) in [5.41, 5.74) is 7.45. The predicted molar refractivity (Wildman–Crippen MR) is 96.5 cm³/mol. The van der Waals surface area contributed by atoms with Crippen LogP contribution in [0, 0.1) is 0 Å². The molecule has 23 heavy (non-hydrogen) atoms. The lowest BCUT2D eigenvalue weighted by Crippen LogP contribution is -2.38. The standard InChI is InChI=1S/C16H18BrN3O2S/c1-20(16(22)13-6-7-14(17)23-13)10-15(21)19-9-8-11-2-4-12(18)5-3-11/h2-7H,8-10,18H2,1H3,(H,19,21). The molecule has 1 aromatic heterocycles. The van der Waals surface area contributed by atoms with Crippen molar-refractivity contribution >= 4 is 44.8 Å². The minimum absolute atomic E-state index is 0.0378. The number of carbonyl (C=O) groups excluding carboxylic acids is 2. The number of benzene rings is 1. The number of nitrogens with one attached hydrogen (secondary N) is 1. The fourth-order valence-corrected chi connectivity index (χ4v) is 3.37. The minimum atomic E-state index is -0.174. The number of nitrogens with two attached hydrogens (primary N) is 1. The van der Waals surface area contributed by atoms with Crippen molar-refractivity contribution in [1.29, 1.82) is 0 Å². The van der Waals surface area contributed by atoms with E-state index in [1.807, 2.05) is 30.3 Å². The van der Waals surface area contributed by atoms with Crippen molar-refractivity contribution in [2.45, 2.75) is 6.42 Å². The Balaban J connectivity index is 1.75. The van der Waals surface area contributed by atoms with Crippen LogP contribution >= 0.6 is 27.3 Å². The van der Waals surface area contributed by atoms with Gasteiger partial charge in [-0.2, -0.15) is 0 Å². The molecule has 0 saturated heterocycles. The van der Waals surface area contributed by atoms with Crippen molar-refractivity contribution in [1.82, 2.24) is 10.2 Å². The summed E-state index contributed by atoms with van der Waals surface area (Å²) in [6.45, 7) is 0.561. The summed E-state index contributed by atoms with van der Waals surface area (Å²) in [5.74, 6) is -0.332. The van der Waals surface area contributed by atoms with Crippen molar-refractivity contribution < 1.29 is 9.59 Å². The van der Waals surface area contributed by atoms with Crippen LogP contribution in [0.5, 0.6) is 0 Å². The van der Waals surface area contributed by atoms with E-state index in [4.69, 9.17) is 5.73 Å². The number of hydrogen-bond donors (Lipinski definition) is 2. The van der Waals surface area contributed by atoms with Crippen molar-refractivity contribution in [3.05, 3.63) is 50.6 Å². The molecule has 2 aromatic rings. The Morgan fingerprint density at radius 2 is 1.91 bits per heavy atom. The summed E-state index contributed by atoms with van der Waals surface area (Å²) < 4.78 is 0.891. The van der Waals surface area contributed by atoms with Crippen molar-refractivity contribution in [2.24, 2.45) is 0 Å². The number of anilines is 1. The van der Waals surface area contributed by atoms with Gasteiger partial charge in [0.05, 0.1) is 15.2 Å². The van der Waals surface area contributed by atoms with Gasteiger partial charge in [-0.25, -0.2) is 0 Å². The zero-order chi connectivity index (χ0) is 16.8. The fraction of sp³-hybridized carbons (Fsp3) is 0.250. The van der Waals surface area contributed by atoms with Crippen LogP contribution in [0.2, 0.25) is 0 Å². The molecular formula is C16H18BrN3O2S. The number of rotatable bonds is 6. The number of halogens is 1. The number of carbonyl (C=O) groups is 2. The Kier molecular flexibility index (Phi) is 6.18. The number of hydrogen-bond acceptors (Lipinski definition) is 4. The van der Waals surface area contributed by atoms with Crippen molar-refractivity contribution in [3.63, 3.8) is 0 Å². The third-order valence-corrected chi connectivity index (χ3v) is 4.84. The first-order valence-corrected chi connectivity index (χ1v) is 8.68. The molecule has 3 N–H and O–H groups in total. The number of thiophene rings is 1. The monoisotopic (exact) mass is 395 g/mol. The number of nitrogens with zero attached hydrogens (tertiary/aromatic N) is 1. The topological polar surface area (TPSA) is 75.4 Å². The van der Waals surface area contributed by atoms with Gasteiger partial charge in [-0.15, -0.1) is 11.3 Å². The van der Waals surface area contributed by atoms with Crippen LogP contribution in [0.3, 0.4) is 0 Å². The maximum atomic E-state index is 12.1. The van der Waals surface area contributed by atoms with E-state index in [9.17, 15) is 9.59 Å². The van der Waals surface area contributed by atoms with E-state index in [0.29, 0.717) is 11.4 Å². The molecule has 1 heterocycles. The summed E-state index contributed by atoms with van der Waals surface area (Å²) >= 11 is 4.67. The second-order valence-corrected chi connectivity index (χ2v) is 7.57. The maximum Gasteiger partial charge on any atom is 0.264 e. The molecule has 0 spiro atoms. The van der Waals surface area contributed by atoms with Crippen LogP contribution in [0.25, 0.3) is 0 Å². The van der Waals surface area contributed by atoms with Crippen LogP contribution in [-0.2, 0) is 11.2 Å². The molecule has 5 nitrogen and oxygen atoms in total. The van der Waals surface area contributed by atoms with Crippen LogP contribution in [0.15, 0.2) is 40.2 Å². The normalized spacial score (nSPS) is 10.3. The average Bonchev–Trinajstić information content (AvgIpc) is 2.95. The van der Waals surface area contributed by atoms with E-state index in [0.717, 1.165) is 21.5 Å². The molecule has 0 unspecified atom stereocenters. The average molecular weight is 396 g/mol. The molecule has 2 rings (SSSR count). The van der Waals surface area contributed by atoms with Crippen molar-refractivity contribution in [3.8, 4) is 0 Å². The molecule has 0 saturated carbocycles. The van der Waals surface area contributed by atoms with E-state index in [-0.39, 0.29) is 18.4 Å². The molecule has 2 amide bonds. The highest BCUT2D eigenvalue weighted by Gasteiger charge is 2.16. The van der Waals surface area contributed by atoms with Gasteiger partial charge in [0.25, 0.3) is 5.91 Å². The lowest BCUT2D eigenvalue weighted by molar-refractivity contribution is -0.121. The largest absolute Gasteiger partial charge is 0.399 e. The molecule has 0 fully saturated rings. The van der Waals surface area contributed by atoms with Gasteiger partial charge in [-0.1, -0.05) is 12.1 Å². The summed E-state index contributed by atoms with van der Waals surface area (Å²) in [4.78, 5) is 26.1. The molecule has 7 heteroatoms. The third-order valence-electron chi connectivity index (χ3n) is 3.23. The Morgan fingerprint density at radius 3 is 2.52 bits per heavy atom. The Bertz CT molecular complexity index is 685. The summed E-state index contributed by atoms with van der Waals surface area (Å²) in [6.07, 6.45) is 0.724. The zero-order valence-electron chi connectivity index (χ0n) is 12.7. The smallest absolute Gasteiger partial charge is 0.264 e. The molecule has 0 aliphatic rings. The SMILES string of the molecule is CN(CC(=O)NCCc1ccc(N)cc1)C(=O)c1ccc(Br)s1. The first-order chi connectivity index (χ1) is 11.0. The molecule has 1 aromatic carbocycles. The summed E-state index contributed by atoms with van der Waals surface area (Å²) in [6, 6.07) is 11.1. The third kappa shape index (κ3) is 5.37. The van der Waals surface area contributed by atoms with E-state index >= 15 is 0 Å². The van der Waals surface area contributed by atoms with E-state index in [2.05, 4.69) is 21.2 Å². The molecule has 0 bridgehead atoms. The summed E-state index contributed by atoms with van der Waals surface area (Å²) in [5, 5.41) is 2.82. The lowest BCUT2D eigenvalue weighted by Gasteiger charge is -2.15. The first-order valence-electron chi connectivity index (χ1n) is 7.07. The number of amides is 2. The molecule has 122 valence electrons. The van der Waals surface area contributed by atoms with Crippen LogP contribution in [-0.4, -0.2) is 36.9 Å². The van der Waals surface area contributed by atoms with Crippen LogP contribution < -0.4 is 11.1 Å².